The molecule has 0 spiro atoms. The van der Waals surface area contributed by atoms with Crippen molar-refractivity contribution >= 4 is 32.6 Å². The average Bonchev–Trinajstić information content (AvgIpc) is 2.81. The monoisotopic (exact) mass is 237 g/mol. The van der Waals surface area contributed by atoms with E-state index in [1.54, 1.807) is 18.2 Å². The van der Waals surface area contributed by atoms with Crippen molar-refractivity contribution < 1.29 is 5.21 Å². The summed E-state index contributed by atoms with van der Waals surface area (Å²) in [6, 6.07) is 7.06. The fraction of sp³-hybridized carbons (Fsp3) is 0. The highest BCUT2D eigenvalue weighted by Crippen LogP contribution is 2.27. The number of hydrogen-bond acceptors (Lipinski definition) is 4. The molecule has 2 aromatic heterocycles. The molecule has 4 rings (SSSR count). The molecule has 5 heteroatoms. The molecule has 0 aliphatic carbocycles. The molecular weight excluding hydrogens is 230 g/mol. The Bertz CT molecular complexity index is 959. The lowest BCUT2D eigenvalue weighted by molar-refractivity contribution is 0.186. The van der Waals surface area contributed by atoms with Crippen molar-refractivity contribution in [1.82, 2.24) is 14.9 Å². The molecule has 1 N–H and O–H groups in total. The molecule has 0 saturated carbocycles. The smallest absolute Gasteiger partial charge is 0.196 e. The van der Waals surface area contributed by atoms with Crippen LogP contribution >= 0.6 is 0 Å². The first kappa shape index (κ1) is 9.35. The summed E-state index contributed by atoms with van der Waals surface area (Å²) in [6.07, 6.45) is 2.87. The molecule has 0 unspecified atom stereocenters. The van der Waals surface area contributed by atoms with Gasteiger partial charge in [-0.25, -0.2) is 4.73 Å². The Balaban J connectivity index is 2.47. The maximum absolute atomic E-state index is 12.4. The maximum atomic E-state index is 12.4. The minimum Gasteiger partial charge on any atom is -0.429 e. The largest absolute Gasteiger partial charge is 0.429 e. The van der Waals surface area contributed by atoms with E-state index in [0.29, 0.717) is 21.7 Å². The van der Waals surface area contributed by atoms with Gasteiger partial charge in [0.05, 0.1) is 17.1 Å². The van der Waals surface area contributed by atoms with Crippen LogP contribution in [-0.2, 0) is 0 Å². The van der Waals surface area contributed by atoms with Gasteiger partial charge in [0.1, 0.15) is 5.52 Å². The Morgan fingerprint density at radius 3 is 2.83 bits per heavy atom. The molecule has 2 aromatic carbocycles. The average molecular weight is 237 g/mol. The van der Waals surface area contributed by atoms with Crippen LogP contribution in [-0.4, -0.2) is 20.1 Å². The summed E-state index contributed by atoms with van der Waals surface area (Å²) in [7, 11) is 0. The van der Waals surface area contributed by atoms with Gasteiger partial charge in [0, 0.05) is 22.4 Å². The number of pyridine rings is 1. The van der Waals surface area contributed by atoms with Gasteiger partial charge in [-0.1, -0.05) is 12.1 Å². The summed E-state index contributed by atoms with van der Waals surface area (Å²) in [5, 5.41) is 20.2. The third kappa shape index (κ3) is 0.982. The van der Waals surface area contributed by atoms with E-state index in [9.17, 15) is 10.0 Å². The molecule has 5 nitrogen and oxygen atoms in total. The van der Waals surface area contributed by atoms with Crippen LogP contribution in [0.1, 0.15) is 0 Å². The number of rotatable bonds is 0. The van der Waals surface area contributed by atoms with Crippen LogP contribution in [0.4, 0.5) is 0 Å². The molecule has 0 saturated heterocycles. The van der Waals surface area contributed by atoms with Crippen LogP contribution in [0.15, 0.2) is 41.5 Å². The van der Waals surface area contributed by atoms with Gasteiger partial charge in [0.15, 0.2) is 5.43 Å². The predicted molar refractivity (Wildman–Crippen MR) is 67.2 cm³/mol. The van der Waals surface area contributed by atoms with E-state index in [0.717, 1.165) is 15.6 Å². The lowest BCUT2D eigenvalue weighted by atomic mass is 10.0. The number of benzene rings is 2. The Morgan fingerprint density at radius 2 is 1.94 bits per heavy atom. The molecular formula is C13H7N3O2. The van der Waals surface area contributed by atoms with E-state index < -0.39 is 0 Å². The Hall–Kier alpha value is -2.69. The summed E-state index contributed by atoms with van der Waals surface area (Å²) in [5.74, 6) is 0. The number of hydrogen-bond donors (Lipinski definition) is 1. The van der Waals surface area contributed by atoms with Crippen molar-refractivity contribution in [1.29, 1.82) is 0 Å². The zero-order valence-corrected chi connectivity index (χ0v) is 9.16. The van der Waals surface area contributed by atoms with Gasteiger partial charge in [-0.05, 0) is 12.1 Å². The predicted octanol–water partition coefficient (Wildman–Crippen LogP) is 1.77. The van der Waals surface area contributed by atoms with Crippen LogP contribution < -0.4 is 5.43 Å². The van der Waals surface area contributed by atoms with Gasteiger partial charge in [-0.15, -0.1) is 10.2 Å². The van der Waals surface area contributed by atoms with Crippen LogP contribution in [0, 0.1) is 0 Å². The van der Waals surface area contributed by atoms with E-state index >= 15 is 0 Å². The molecule has 0 radical (unpaired) electrons. The lowest BCUT2D eigenvalue weighted by Crippen LogP contribution is -2.04. The molecule has 18 heavy (non-hydrogen) atoms. The highest BCUT2D eigenvalue weighted by molar-refractivity contribution is 6.18. The van der Waals surface area contributed by atoms with E-state index in [1.807, 2.05) is 6.07 Å². The normalized spacial score (nSPS) is 11.8. The van der Waals surface area contributed by atoms with Crippen molar-refractivity contribution in [3.63, 3.8) is 0 Å². The molecule has 0 atom stereocenters. The van der Waals surface area contributed by atoms with Gasteiger partial charge in [0.2, 0.25) is 0 Å². The van der Waals surface area contributed by atoms with Crippen LogP contribution in [0.5, 0.6) is 0 Å². The fourth-order valence-electron chi connectivity index (χ4n) is 2.42. The number of nitrogens with zero attached hydrogens (tertiary/aromatic N) is 3. The first-order chi connectivity index (χ1) is 8.75. The van der Waals surface area contributed by atoms with Crippen molar-refractivity contribution in [3.05, 3.63) is 46.9 Å². The second-order valence-electron chi connectivity index (χ2n) is 4.23. The molecule has 0 bridgehead atoms. The first-order valence-corrected chi connectivity index (χ1v) is 5.47. The topological polar surface area (TPSA) is 68.0 Å². The summed E-state index contributed by atoms with van der Waals surface area (Å²) in [5.41, 5.74) is 1.32. The van der Waals surface area contributed by atoms with Gasteiger partial charge < -0.3 is 5.21 Å². The van der Waals surface area contributed by atoms with Crippen LogP contribution in [0.2, 0.25) is 0 Å². The molecule has 4 aromatic rings. The highest BCUT2D eigenvalue weighted by Gasteiger charge is 2.14. The van der Waals surface area contributed by atoms with Gasteiger partial charge in [-0.2, -0.15) is 0 Å². The fourth-order valence-corrected chi connectivity index (χ4v) is 2.42. The van der Waals surface area contributed by atoms with Gasteiger partial charge in [-0.3, -0.25) is 4.79 Å². The summed E-state index contributed by atoms with van der Waals surface area (Å²) < 4.78 is 0.873. The van der Waals surface area contributed by atoms with Gasteiger partial charge >= 0.3 is 0 Å². The standard InChI is InChI=1S/C13H7N3O2/c17-13-8-2-1-3-10-11(8)12(15-14-10)7-4-5-16(18)6-9(7)13/h1-6,18H. The lowest BCUT2D eigenvalue weighted by Gasteiger charge is -2.03. The zero-order chi connectivity index (χ0) is 12.3. The molecule has 2 heterocycles. The highest BCUT2D eigenvalue weighted by atomic mass is 16.5. The SMILES string of the molecule is O=c1c2cn(O)ccc2c2nnc3cccc1c32. The minimum absolute atomic E-state index is 0.110. The van der Waals surface area contributed by atoms with E-state index in [1.165, 1.54) is 12.4 Å². The molecule has 86 valence electrons. The second kappa shape index (κ2) is 2.95. The van der Waals surface area contributed by atoms with Crippen molar-refractivity contribution in [3.8, 4) is 0 Å². The van der Waals surface area contributed by atoms with E-state index in [2.05, 4.69) is 10.2 Å². The first-order valence-electron chi connectivity index (χ1n) is 5.47. The van der Waals surface area contributed by atoms with Crippen LogP contribution in [0.3, 0.4) is 0 Å². The zero-order valence-electron chi connectivity index (χ0n) is 9.16. The number of fused-ring (bicyclic) bond motifs is 2. The molecule has 0 aliphatic heterocycles. The summed E-state index contributed by atoms with van der Waals surface area (Å²) in [6.45, 7) is 0. The van der Waals surface area contributed by atoms with Gasteiger partial charge in [0.25, 0.3) is 0 Å². The van der Waals surface area contributed by atoms with Crippen LogP contribution in [0.25, 0.3) is 32.6 Å². The third-order valence-corrected chi connectivity index (χ3v) is 3.23. The molecule has 0 amide bonds. The summed E-state index contributed by atoms with van der Waals surface area (Å²) >= 11 is 0. The van der Waals surface area contributed by atoms with E-state index in [-0.39, 0.29) is 5.43 Å². The third-order valence-electron chi connectivity index (χ3n) is 3.23. The van der Waals surface area contributed by atoms with Crippen molar-refractivity contribution in [2.75, 3.05) is 0 Å². The summed E-state index contributed by atoms with van der Waals surface area (Å²) in [4.78, 5) is 12.4. The van der Waals surface area contributed by atoms with Crippen molar-refractivity contribution in [2.24, 2.45) is 0 Å². The van der Waals surface area contributed by atoms with E-state index in [4.69, 9.17) is 0 Å². The molecule has 0 fully saturated rings. The number of aromatic nitrogens is 3. The minimum atomic E-state index is -0.110. The molecule has 0 aliphatic rings. The quantitative estimate of drug-likeness (QED) is 0.374. The second-order valence-corrected chi connectivity index (χ2v) is 4.23. The maximum Gasteiger partial charge on any atom is 0.196 e. The Labute approximate surface area is 100 Å². The van der Waals surface area contributed by atoms with Crippen molar-refractivity contribution in [2.45, 2.75) is 0 Å². The Kier molecular flexibility index (Phi) is 1.53. The Morgan fingerprint density at radius 1 is 1.06 bits per heavy atom.